The fraction of sp³-hybridized carbons (Fsp3) is 0.278. The average Bonchev–Trinajstić information content (AvgIpc) is 3.30. The zero-order chi connectivity index (χ0) is 17.5. The van der Waals surface area contributed by atoms with Crippen LogP contribution in [0.15, 0.2) is 51.8 Å². The Bertz CT molecular complexity index is 794. The number of anilines is 1. The molecule has 7 nitrogen and oxygen atoms in total. The molecule has 0 saturated carbocycles. The van der Waals surface area contributed by atoms with Crippen LogP contribution in [0.1, 0.15) is 24.8 Å². The zero-order valence-corrected chi connectivity index (χ0v) is 13.9. The highest BCUT2D eigenvalue weighted by molar-refractivity contribution is 5.69. The number of nitrogens with one attached hydrogen (secondary N) is 1. The summed E-state index contributed by atoms with van der Waals surface area (Å²) >= 11 is 0. The van der Waals surface area contributed by atoms with Gasteiger partial charge in [0.2, 0.25) is 11.7 Å². The van der Waals surface area contributed by atoms with Gasteiger partial charge in [0.05, 0.1) is 25.0 Å². The number of aromatic nitrogens is 2. The van der Waals surface area contributed by atoms with Crippen LogP contribution in [0.4, 0.5) is 5.69 Å². The molecule has 1 aromatic carbocycles. The first-order valence-electron chi connectivity index (χ1n) is 8.08. The van der Waals surface area contributed by atoms with Crippen LogP contribution in [0, 0.1) is 0 Å². The van der Waals surface area contributed by atoms with Crippen molar-refractivity contribution in [3.8, 4) is 11.4 Å². The molecule has 0 aliphatic heterocycles. The van der Waals surface area contributed by atoms with E-state index in [0.29, 0.717) is 37.7 Å². The van der Waals surface area contributed by atoms with E-state index in [-0.39, 0.29) is 5.97 Å². The number of benzene rings is 1. The minimum atomic E-state index is -0.172. The van der Waals surface area contributed by atoms with E-state index in [1.54, 1.807) is 25.5 Å². The largest absolute Gasteiger partial charge is 0.472 e. The Labute approximate surface area is 145 Å². The van der Waals surface area contributed by atoms with Gasteiger partial charge in [-0.15, -0.1) is 0 Å². The molecule has 25 heavy (non-hydrogen) atoms. The second-order valence-electron chi connectivity index (χ2n) is 5.38. The molecule has 0 atom stereocenters. The molecule has 3 aromatic rings. The van der Waals surface area contributed by atoms with E-state index in [4.69, 9.17) is 13.7 Å². The lowest BCUT2D eigenvalue weighted by atomic mass is 10.1. The summed E-state index contributed by atoms with van der Waals surface area (Å²) < 4.78 is 15.1. The Morgan fingerprint density at radius 1 is 1.24 bits per heavy atom. The Morgan fingerprint density at radius 3 is 2.80 bits per heavy atom. The number of esters is 1. The molecule has 0 spiro atoms. The smallest absolute Gasteiger partial charge is 0.306 e. The second kappa shape index (κ2) is 8.14. The van der Waals surface area contributed by atoms with Gasteiger partial charge >= 0.3 is 5.97 Å². The molecule has 0 fully saturated rings. The van der Waals surface area contributed by atoms with Gasteiger partial charge in [-0.05, 0) is 37.1 Å². The van der Waals surface area contributed by atoms with E-state index in [2.05, 4.69) is 15.5 Å². The highest BCUT2D eigenvalue weighted by Gasteiger charge is 2.09. The maximum absolute atomic E-state index is 11.4. The Morgan fingerprint density at radius 2 is 2.08 bits per heavy atom. The van der Waals surface area contributed by atoms with Crippen molar-refractivity contribution in [1.82, 2.24) is 10.1 Å². The van der Waals surface area contributed by atoms with Crippen LogP contribution in [-0.4, -0.2) is 22.7 Å². The van der Waals surface area contributed by atoms with Gasteiger partial charge < -0.3 is 19.0 Å². The number of ether oxygens (including phenoxy) is 1. The van der Waals surface area contributed by atoms with E-state index in [1.807, 2.05) is 24.3 Å². The molecule has 0 amide bonds. The molecular formula is C18H19N3O4. The first-order chi connectivity index (χ1) is 12.2. The number of carbonyl (C=O) groups excluding carboxylic acids is 1. The predicted molar refractivity (Wildman–Crippen MR) is 90.7 cm³/mol. The number of hydrogen-bond acceptors (Lipinski definition) is 7. The van der Waals surface area contributed by atoms with Crippen LogP contribution in [-0.2, 0) is 22.5 Å². The molecular weight excluding hydrogens is 322 g/mol. The standard InChI is InChI=1S/C18H19N3O4/c1-2-24-17(22)8-5-13-3-6-15(7-4-13)19-11-16-20-18(21-25-16)14-9-10-23-12-14/h3-4,6-7,9-10,12,19H,2,5,8,11H2,1H3. The predicted octanol–water partition coefficient (Wildman–Crippen LogP) is 3.44. The molecule has 130 valence electrons. The van der Waals surface area contributed by atoms with Crippen LogP contribution < -0.4 is 5.32 Å². The van der Waals surface area contributed by atoms with Gasteiger partial charge in [0.25, 0.3) is 0 Å². The summed E-state index contributed by atoms with van der Waals surface area (Å²) in [4.78, 5) is 15.7. The van der Waals surface area contributed by atoms with Gasteiger partial charge in [-0.2, -0.15) is 4.98 Å². The molecule has 0 aliphatic carbocycles. The summed E-state index contributed by atoms with van der Waals surface area (Å²) in [5.74, 6) is 0.817. The van der Waals surface area contributed by atoms with Crippen LogP contribution in [0.5, 0.6) is 0 Å². The minimum absolute atomic E-state index is 0.172. The van der Waals surface area contributed by atoms with Crippen LogP contribution in [0.25, 0.3) is 11.4 Å². The Kier molecular flexibility index (Phi) is 5.46. The number of hydrogen-bond donors (Lipinski definition) is 1. The van der Waals surface area contributed by atoms with Crippen molar-refractivity contribution < 1.29 is 18.5 Å². The second-order valence-corrected chi connectivity index (χ2v) is 5.38. The molecule has 1 N–H and O–H groups in total. The van der Waals surface area contributed by atoms with Crippen LogP contribution in [0.2, 0.25) is 0 Å². The van der Waals surface area contributed by atoms with Crippen molar-refractivity contribution in [1.29, 1.82) is 0 Å². The highest BCUT2D eigenvalue weighted by Crippen LogP contribution is 2.17. The zero-order valence-electron chi connectivity index (χ0n) is 13.9. The van der Waals surface area contributed by atoms with Crippen LogP contribution >= 0.6 is 0 Å². The van der Waals surface area contributed by atoms with Crippen molar-refractivity contribution in [2.45, 2.75) is 26.3 Å². The van der Waals surface area contributed by atoms with Crippen molar-refractivity contribution in [2.24, 2.45) is 0 Å². The SMILES string of the molecule is CCOC(=O)CCc1ccc(NCc2nc(-c3ccoc3)no2)cc1. The highest BCUT2D eigenvalue weighted by atomic mass is 16.5. The van der Waals surface area contributed by atoms with Gasteiger partial charge in [-0.3, -0.25) is 4.79 Å². The first kappa shape index (κ1) is 16.8. The summed E-state index contributed by atoms with van der Waals surface area (Å²) in [5, 5.41) is 7.13. The summed E-state index contributed by atoms with van der Waals surface area (Å²) in [5.41, 5.74) is 2.79. The molecule has 3 rings (SSSR count). The van der Waals surface area contributed by atoms with Gasteiger partial charge in [0, 0.05) is 12.1 Å². The third-order valence-electron chi connectivity index (χ3n) is 3.57. The third kappa shape index (κ3) is 4.69. The lowest BCUT2D eigenvalue weighted by Gasteiger charge is -2.05. The molecule has 2 aromatic heterocycles. The van der Waals surface area contributed by atoms with E-state index < -0.39 is 0 Å². The van der Waals surface area contributed by atoms with Gasteiger partial charge in [0.1, 0.15) is 6.26 Å². The van der Waals surface area contributed by atoms with Gasteiger partial charge in [0.15, 0.2) is 0 Å². The molecule has 0 saturated heterocycles. The summed E-state index contributed by atoms with van der Waals surface area (Å²) in [6.07, 6.45) is 4.18. The fourth-order valence-electron chi connectivity index (χ4n) is 2.28. The molecule has 0 bridgehead atoms. The third-order valence-corrected chi connectivity index (χ3v) is 3.57. The maximum Gasteiger partial charge on any atom is 0.306 e. The van der Waals surface area contributed by atoms with E-state index >= 15 is 0 Å². The maximum atomic E-state index is 11.4. The lowest BCUT2D eigenvalue weighted by molar-refractivity contribution is -0.143. The van der Waals surface area contributed by atoms with E-state index in [9.17, 15) is 4.79 Å². The number of rotatable bonds is 8. The van der Waals surface area contributed by atoms with Crippen molar-refractivity contribution >= 4 is 11.7 Å². The average molecular weight is 341 g/mol. The molecule has 2 heterocycles. The Balaban J connectivity index is 1.49. The fourth-order valence-corrected chi connectivity index (χ4v) is 2.28. The monoisotopic (exact) mass is 341 g/mol. The van der Waals surface area contributed by atoms with Gasteiger partial charge in [-0.25, -0.2) is 0 Å². The normalized spacial score (nSPS) is 10.6. The molecule has 0 radical (unpaired) electrons. The van der Waals surface area contributed by atoms with Crippen LogP contribution in [0.3, 0.4) is 0 Å². The first-order valence-corrected chi connectivity index (χ1v) is 8.08. The van der Waals surface area contributed by atoms with Crippen molar-refractivity contribution in [2.75, 3.05) is 11.9 Å². The van der Waals surface area contributed by atoms with Crippen molar-refractivity contribution in [3.05, 3.63) is 54.3 Å². The van der Waals surface area contributed by atoms with E-state index in [0.717, 1.165) is 16.8 Å². The number of aryl methyl sites for hydroxylation is 1. The van der Waals surface area contributed by atoms with Gasteiger partial charge in [-0.1, -0.05) is 17.3 Å². The molecule has 0 aliphatic rings. The number of nitrogens with zero attached hydrogens (tertiary/aromatic N) is 2. The lowest BCUT2D eigenvalue weighted by Crippen LogP contribution is -2.05. The Hall–Kier alpha value is -3.09. The quantitative estimate of drug-likeness (QED) is 0.628. The summed E-state index contributed by atoms with van der Waals surface area (Å²) in [6.45, 7) is 2.65. The summed E-state index contributed by atoms with van der Waals surface area (Å²) in [7, 11) is 0. The molecule has 7 heteroatoms. The van der Waals surface area contributed by atoms with Crippen molar-refractivity contribution in [3.63, 3.8) is 0 Å². The van der Waals surface area contributed by atoms with E-state index in [1.165, 1.54) is 0 Å². The summed E-state index contributed by atoms with van der Waals surface area (Å²) in [6, 6.07) is 9.64. The minimum Gasteiger partial charge on any atom is -0.472 e. The number of furan rings is 1. The topological polar surface area (TPSA) is 90.4 Å². The molecule has 0 unspecified atom stereocenters. The number of carbonyl (C=O) groups is 1.